The van der Waals surface area contributed by atoms with E-state index in [1.165, 1.54) is 25.7 Å². The second-order valence-electron chi connectivity index (χ2n) is 3.36. The summed E-state index contributed by atoms with van der Waals surface area (Å²) in [5.74, 6) is 0.778. The second-order valence-corrected chi connectivity index (χ2v) is 3.36. The van der Waals surface area contributed by atoms with Crippen molar-refractivity contribution in [2.24, 2.45) is 10.9 Å². The SMILES string of the molecule is C=CC=NC1CCCCC1C. The number of hydrogen-bond acceptors (Lipinski definition) is 1. The van der Waals surface area contributed by atoms with Crippen molar-refractivity contribution in [1.82, 2.24) is 0 Å². The Morgan fingerprint density at radius 3 is 2.73 bits per heavy atom. The number of nitrogens with zero attached hydrogens (tertiary/aromatic N) is 1. The molecule has 0 N–H and O–H groups in total. The Hall–Kier alpha value is -0.590. The Bertz CT molecular complexity index is 149. The van der Waals surface area contributed by atoms with Gasteiger partial charge in [0.1, 0.15) is 0 Å². The van der Waals surface area contributed by atoms with E-state index in [1.807, 2.05) is 6.21 Å². The zero-order valence-corrected chi connectivity index (χ0v) is 7.29. The van der Waals surface area contributed by atoms with Crippen molar-refractivity contribution < 1.29 is 0 Å². The van der Waals surface area contributed by atoms with Crippen molar-refractivity contribution >= 4 is 6.21 Å². The summed E-state index contributed by atoms with van der Waals surface area (Å²) < 4.78 is 0. The maximum Gasteiger partial charge on any atom is 0.0525 e. The van der Waals surface area contributed by atoms with Gasteiger partial charge in [0.05, 0.1) is 6.04 Å². The van der Waals surface area contributed by atoms with Gasteiger partial charge in [-0.1, -0.05) is 32.4 Å². The Morgan fingerprint density at radius 1 is 1.36 bits per heavy atom. The number of aliphatic imine (C=N–C) groups is 1. The lowest BCUT2D eigenvalue weighted by atomic mass is 9.86. The van der Waals surface area contributed by atoms with Gasteiger partial charge in [0.15, 0.2) is 0 Å². The van der Waals surface area contributed by atoms with Gasteiger partial charge in [-0.05, 0) is 18.8 Å². The molecule has 0 amide bonds. The highest BCUT2D eigenvalue weighted by atomic mass is 14.8. The summed E-state index contributed by atoms with van der Waals surface area (Å²) in [7, 11) is 0. The number of rotatable bonds is 2. The largest absolute Gasteiger partial charge is 0.290 e. The maximum absolute atomic E-state index is 4.44. The lowest BCUT2D eigenvalue weighted by molar-refractivity contribution is 0.334. The predicted octanol–water partition coefficient (Wildman–Crippen LogP) is 2.82. The normalized spacial score (nSPS) is 32.5. The van der Waals surface area contributed by atoms with E-state index in [1.54, 1.807) is 6.08 Å². The third-order valence-corrected chi connectivity index (χ3v) is 2.45. The first-order chi connectivity index (χ1) is 5.34. The van der Waals surface area contributed by atoms with Gasteiger partial charge in [-0.15, -0.1) is 0 Å². The van der Waals surface area contributed by atoms with Crippen LogP contribution in [0.1, 0.15) is 32.6 Å². The Morgan fingerprint density at radius 2 is 2.09 bits per heavy atom. The van der Waals surface area contributed by atoms with Crippen molar-refractivity contribution in [2.75, 3.05) is 0 Å². The number of allylic oxidation sites excluding steroid dienone is 1. The van der Waals surface area contributed by atoms with Crippen LogP contribution in [0.3, 0.4) is 0 Å². The highest BCUT2D eigenvalue weighted by Gasteiger charge is 2.19. The van der Waals surface area contributed by atoms with E-state index in [-0.39, 0.29) is 0 Å². The zero-order chi connectivity index (χ0) is 8.10. The summed E-state index contributed by atoms with van der Waals surface area (Å²) in [6, 6.07) is 0.571. The van der Waals surface area contributed by atoms with Crippen molar-refractivity contribution in [3.05, 3.63) is 12.7 Å². The molecule has 0 aromatic rings. The second kappa shape index (κ2) is 4.32. The minimum atomic E-state index is 0.571. The van der Waals surface area contributed by atoms with Crippen LogP contribution in [0.25, 0.3) is 0 Å². The van der Waals surface area contributed by atoms with Crippen LogP contribution in [0.5, 0.6) is 0 Å². The first-order valence-corrected chi connectivity index (χ1v) is 4.49. The van der Waals surface area contributed by atoms with Crippen LogP contribution < -0.4 is 0 Å². The molecule has 1 saturated carbocycles. The fourth-order valence-corrected chi connectivity index (χ4v) is 1.69. The van der Waals surface area contributed by atoms with E-state index in [0.717, 1.165) is 5.92 Å². The predicted molar refractivity (Wildman–Crippen MR) is 50.1 cm³/mol. The lowest BCUT2D eigenvalue weighted by Crippen LogP contribution is -2.20. The minimum absolute atomic E-state index is 0.571. The van der Waals surface area contributed by atoms with Gasteiger partial charge in [0.25, 0.3) is 0 Å². The molecule has 0 aromatic heterocycles. The fourth-order valence-electron chi connectivity index (χ4n) is 1.69. The summed E-state index contributed by atoms with van der Waals surface area (Å²) in [5.41, 5.74) is 0. The quantitative estimate of drug-likeness (QED) is 0.538. The first kappa shape index (κ1) is 8.51. The number of hydrogen-bond donors (Lipinski definition) is 0. The van der Waals surface area contributed by atoms with Crippen LogP contribution in [0, 0.1) is 5.92 Å². The summed E-state index contributed by atoms with van der Waals surface area (Å²) in [5, 5.41) is 0. The molecule has 1 rings (SSSR count). The molecular formula is C10H17N. The van der Waals surface area contributed by atoms with E-state index < -0.39 is 0 Å². The molecule has 1 heteroatoms. The Balaban J connectivity index is 2.41. The lowest BCUT2D eigenvalue weighted by Gasteiger charge is -2.24. The molecule has 2 atom stereocenters. The average Bonchev–Trinajstić information content (AvgIpc) is 2.03. The van der Waals surface area contributed by atoms with Gasteiger partial charge in [-0.25, -0.2) is 0 Å². The van der Waals surface area contributed by atoms with Gasteiger partial charge in [0.2, 0.25) is 0 Å². The molecule has 1 aliphatic rings. The molecule has 1 fully saturated rings. The Labute approximate surface area is 69.2 Å². The van der Waals surface area contributed by atoms with E-state index >= 15 is 0 Å². The molecular weight excluding hydrogens is 134 g/mol. The zero-order valence-electron chi connectivity index (χ0n) is 7.29. The molecule has 11 heavy (non-hydrogen) atoms. The first-order valence-electron chi connectivity index (χ1n) is 4.49. The third kappa shape index (κ3) is 2.49. The van der Waals surface area contributed by atoms with Crippen LogP contribution in [0.15, 0.2) is 17.6 Å². The molecule has 0 aliphatic heterocycles. The molecule has 0 spiro atoms. The summed E-state index contributed by atoms with van der Waals surface area (Å²) in [6.07, 6.45) is 8.96. The van der Waals surface area contributed by atoms with Crippen LogP contribution in [-0.4, -0.2) is 12.3 Å². The van der Waals surface area contributed by atoms with Crippen LogP contribution in [0.2, 0.25) is 0 Å². The summed E-state index contributed by atoms with van der Waals surface area (Å²) in [6.45, 7) is 5.92. The highest BCUT2D eigenvalue weighted by molar-refractivity contribution is 5.70. The van der Waals surface area contributed by atoms with E-state index in [9.17, 15) is 0 Å². The third-order valence-electron chi connectivity index (χ3n) is 2.45. The van der Waals surface area contributed by atoms with Crippen LogP contribution in [0.4, 0.5) is 0 Å². The molecule has 0 radical (unpaired) electrons. The van der Waals surface area contributed by atoms with Gasteiger partial charge >= 0.3 is 0 Å². The van der Waals surface area contributed by atoms with Gasteiger partial charge in [-0.3, -0.25) is 4.99 Å². The molecule has 1 nitrogen and oxygen atoms in total. The highest BCUT2D eigenvalue weighted by Crippen LogP contribution is 2.25. The average molecular weight is 151 g/mol. The molecule has 62 valence electrons. The molecule has 0 aromatic carbocycles. The van der Waals surface area contributed by atoms with E-state index in [4.69, 9.17) is 0 Å². The van der Waals surface area contributed by atoms with Gasteiger partial charge < -0.3 is 0 Å². The van der Waals surface area contributed by atoms with Crippen molar-refractivity contribution in [3.8, 4) is 0 Å². The molecule has 1 aliphatic carbocycles. The van der Waals surface area contributed by atoms with E-state index in [0.29, 0.717) is 6.04 Å². The Kier molecular flexibility index (Phi) is 3.34. The molecule has 2 unspecified atom stereocenters. The molecule has 0 heterocycles. The van der Waals surface area contributed by atoms with Crippen LogP contribution >= 0.6 is 0 Å². The topological polar surface area (TPSA) is 12.4 Å². The maximum atomic E-state index is 4.44. The van der Waals surface area contributed by atoms with E-state index in [2.05, 4.69) is 18.5 Å². The molecule has 0 saturated heterocycles. The summed E-state index contributed by atoms with van der Waals surface area (Å²) in [4.78, 5) is 4.44. The monoisotopic (exact) mass is 151 g/mol. The van der Waals surface area contributed by atoms with Crippen molar-refractivity contribution in [1.29, 1.82) is 0 Å². The van der Waals surface area contributed by atoms with Crippen LogP contribution in [-0.2, 0) is 0 Å². The van der Waals surface area contributed by atoms with Crippen molar-refractivity contribution in [2.45, 2.75) is 38.6 Å². The molecule has 0 bridgehead atoms. The summed E-state index contributed by atoms with van der Waals surface area (Å²) >= 11 is 0. The fraction of sp³-hybridized carbons (Fsp3) is 0.700. The van der Waals surface area contributed by atoms with Crippen molar-refractivity contribution in [3.63, 3.8) is 0 Å². The van der Waals surface area contributed by atoms with Gasteiger partial charge in [-0.2, -0.15) is 0 Å². The smallest absolute Gasteiger partial charge is 0.0525 e. The minimum Gasteiger partial charge on any atom is -0.290 e. The standard InChI is InChI=1S/C10H17N/c1-3-8-11-10-7-5-4-6-9(10)2/h3,8-10H,1,4-7H2,2H3. The van der Waals surface area contributed by atoms with Gasteiger partial charge in [0, 0.05) is 6.21 Å².